The van der Waals surface area contributed by atoms with E-state index in [9.17, 15) is 4.79 Å². The van der Waals surface area contributed by atoms with Gasteiger partial charge in [0.15, 0.2) is 0 Å². The van der Waals surface area contributed by atoms with Gasteiger partial charge in [0.1, 0.15) is 5.60 Å². The molecule has 0 spiro atoms. The summed E-state index contributed by atoms with van der Waals surface area (Å²) in [6, 6.07) is 0.371. The maximum Gasteiger partial charge on any atom is 0.410 e. The van der Waals surface area contributed by atoms with Gasteiger partial charge in [-0.25, -0.2) is 4.79 Å². The summed E-state index contributed by atoms with van der Waals surface area (Å²) in [6.45, 7) is 6.34. The molecule has 2 aliphatic rings. The molecule has 2 aliphatic carbocycles. The third kappa shape index (κ3) is 3.11. The summed E-state index contributed by atoms with van der Waals surface area (Å²) >= 11 is 0. The summed E-state index contributed by atoms with van der Waals surface area (Å²) in [7, 11) is 0. The van der Waals surface area contributed by atoms with Gasteiger partial charge in [0.05, 0.1) is 0 Å². The number of ether oxygens (including phenoxy) is 1. The summed E-state index contributed by atoms with van der Waals surface area (Å²) in [5.74, 6) is 0. The van der Waals surface area contributed by atoms with Gasteiger partial charge in [-0.15, -0.1) is 0 Å². The second-order valence-corrected chi connectivity index (χ2v) is 6.20. The van der Waals surface area contributed by atoms with E-state index in [1.165, 1.54) is 0 Å². The van der Waals surface area contributed by atoms with E-state index < -0.39 is 5.60 Å². The molecule has 2 N–H and O–H groups in total. The molecule has 0 saturated heterocycles. The third-order valence-corrected chi connectivity index (χ3v) is 2.99. The van der Waals surface area contributed by atoms with Gasteiger partial charge in [-0.2, -0.15) is 0 Å². The van der Waals surface area contributed by atoms with E-state index in [1.807, 2.05) is 25.7 Å². The van der Waals surface area contributed by atoms with Crippen molar-refractivity contribution in [2.75, 3.05) is 6.54 Å². The molecule has 4 heteroatoms. The predicted octanol–water partition coefficient (Wildman–Crippen LogP) is 1.88. The topological polar surface area (TPSA) is 55.6 Å². The van der Waals surface area contributed by atoms with E-state index in [-0.39, 0.29) is 11.6 Å². The van der Waals surface area contributed by atoms with Crippen LogP contribution in [0.25, 0.3) is 0 Å². The van der Waals surface area contributed by atoms with Crippen LogP contribution in [0.4, 0.5) is 4.79 Å². The standard InChI is InChI=1S/C12H22N2O2/c1-11(2,3)16-10(15)14(9-4-5-9)8-12(13)6-7-12/h9H,4-8,13H2,1-3H3. The number of nitrogens with two attached hydrogens (primary N) is 1. The van der Waals surface area contributed by atoms with Gasteiger partial charge in [0.25, 0.3) is 0 Å². The van der Waals surface area contributed by atoms with Gasteiger partial charge in [-0.3, -0.25) is 0 Å². The highest BCUT2D eigenvalue weighted by Crippen LogP contribution is 2.37. The molecule has 0 radical (unpaired) electrons. The molecule has 92 valence electrons. The van der Waals surface area contributed by atoms with Gasteiger partial charge in [-0.05, 0) is 46.5 Å². The smallest absolute Gasteiger partial charge is 0.410 e. The molecular weight excluding hydrogens is 204 g/mol. The molecule has 0 aromatic heterocycles. The molecule has 0 aromatic rings. The molecule has 0 bridgehead atoms. The van der Waals surface area contributed by atoms with Crippen molar-refractivity contribution in [3.05, 3.63) is 0 Å². The number of hydrogen-bond donors (Lipinski definition) is 1. The second-order valence-electron chi connectivity index (χ2n) is 6.20. The van der Waals surface area contributed by atoms with Gasteiger partial charge in [0, 0.05) is 18.1 Å². The zero-order valence-electron chi connectivity index (χ0n) is 10.5. The fourth-order valence-corrected chi connectivity index (χ4v) is 1.71. The first kappa shape index (κ1) is 11.7. The minimum Gasteiger partial charge on any atom is -0.444 e. The summed E-state index contributed by atoms with van der Waals surface area (Å²) in [5.41, 5.74) is 5.52. The third-order valence-electron chi connectivity index (χ3n) is 2.99. The van der Waals surface area contributed by atoms with Gasteiger partial charge in [0.2, 0.25) is 0 Å². The first-order valence-corrected chi connectivity index (χ1v) is 6.08. The Morgan fingerprint density at radius 1 is 1.44 bits per heavy atom. The normalized spacial score (nSPS) is 22.8. The lowest BCUT2D eigenvalue weighted by Gasteiger charge is -2.29. The lowest BCUT2D eigenvalue weighted by Crippen LogP contribution is -2.46. The molecule has 2 rings (SSSR count). The van der Waals surface area contributed by atoms with Crippen LogP contribution in [0.1, 0.15) is 46.5 Å². The molecule has 0 heterocycles. The Balaban J connectivity index is 1.93. The molecule has 1 amide bonds. The van der Waals surface area contributed by atoms with Crippen molar-refractivity contribution >= 4 is 6.09 Å². The summed E-state index contributed by atoms with van der Waals surface area (Å²) in [5, 5.41) is 0. The molecule has 4 nitrogen and oxygen atoms in total. The maximum absolute atomic E-state index is 12.0. The van der Waals surface area contributed by atoms with Crippen LogP contribution in [0, 0.1) is 0 Å². The van der Waals surface area contributed by atoms with Crippen molar-refractivity contribution in [3.63, 3.8) is 0 Å². The number of carbonyl (C=O) groups is 1. The monoisotopic (exact) mass is 226 g/mol. The van der Waals surface area contributed by atoms with Gasteiger partial charge >= 0.3 is 6.09 Å². The van der Waals surface area contributed by atoms with Crippen molar-refractivity contribution in [3.8, 4) is 0 Å². The van der Waals surface area contributed by atoms with Crippen LogP contribution in [0.3, 0.4) is 0 Å². The quantitative estimate of drug-likeness (QED) is 0.799. The van der Waals surface area contributed by atoms with E-state index in [0.717, 1.165) is 25.7 Å². The Hall–Kier alpha value is -0.770. The number of nitrogens with zero attached hydrogens (tertiary/aromatic N) is 1. The first-order chi connectivity index (χ1) is 7.29. The van der Waals surface area contributed by atoms with Crippen molar-refractivity contribution in [2.45, 2.75) is 63.6 Å². The number of rotatable bonds is 3. The highest BCUT2D eigenvalue weighted by Gasteiger charge is 2.45. The van der Waals surface area contributed by atoms with Crippen LogP contribution in [0.2, 0.25) is 0 Å². The summed E-state index contributed by atoms with van der Waals surface area (Å²) < 4.78 is 5.41. The van der Waals surface area contributed by atoms with E-state index >= 15 is 0 Å². The first-order valence-electron chi connectivity index (χ1n) is 6.08. The Bertz CT molecular complexity index is 288. The minimum absolute atomic E-state index is 0.126. The Kier molecular flexibility index (Phi) is 2.65. The van der Waals surface area contributed by atoms with Crippen LogP contribution in [0.5, 0.6) is 0 Å². The zero-order valence-corrected chi connectivity index (χ0v) is 10.5. The van der Waals surface area contributed by atoms with E-state index in [4.69, 9.17) is 10.5 Å². The Morgan fingerprint density at radius 3 is 2.38 bits per heavy atom. The second kappa shape index (κ2) is 3.62. The predicted molar refractivity (Wildman–Crippen MR) is 62.1 cm³/mol. The Labute approximate surface area is 97.1 Å². The van der Waals surface area contributed by atoms with Gasteiger partial charge in [-0.1, -0.05) is 0 Å². The van der Waals surface area contributed by atoms with Crippen molar-refractivity contribution in [1.82, 2.24) is 4.90 Å². The van der Waals surface area contributed by atoms with Crippen molar-refractivity contribution in [1.29, 1.82) is 0 Å². The lowest BCUT2D eigenvalue weighted by molar-refractivity contribution is 0.0216. The molecule has 16 heavy (non-hydrogen) atoms. The lowest BCUT2D eigenvalue weighted by atomic mass is 10.2. The van der Waals surface area contributed by atoms with E-state index in [2.05, 4.69) is 0 Å². The molecule has 0 aliphatic heterocycles. The molecule has 0 atom stereocenters. The number of carbonyl (C=O) groups excluding carboxylic acids is 1. The molecule has 2 saturated carbocycles. The SMILES string of the molecule is CC(C)(C)OC(=O)N(CC1(N)CC1)C1CC1. The highest BCUT2D eigenvalue weighted by molar-refractivity contribution is 5.69. The Morgan fingerprint density at radius 2 is 2.00 bits per heavy atom. The zero-order chi connectivity index (χ0) is 12.0. The summed E-state index contributed by atoms with van der Waals surface area (Å²) in [4.78, 5) is 13.8. The van der Waals surface area contributed by atoms with Crippen molar-refractivity contribution in [2.24, 2.45) is 5.73 Å². The maximum atomic E-state index is 12.0. The van der Waals surface area contributed by atoms with Crippen LogP contribution in [-0.4, -0.2) is 34.7 Å². The van der Waals surface area contributed by atoms with E-state index in [0.29, 0.717) is 12.6 Å². The van der Waals surface area contributed by atoms with Crippen LogP contribution >= 0.6 is 0 Å². The van der Waals surface area contributed by atoms with E-state index in [1.54, 1.807) is 0 Å². The van der Waals surface area contributed by atoms with Crippen molar-refractivity contribution < 1.29 is 9.53 Å². The van der Waals surface area contributed by atoms with Crippen LogP contribution < -0.4 is 5.73 Å². The summed E-state index contributed by atoms with van der Waals surface area (Å²) in [6.07, 6.45) is 4.04. The fourth-order valence-electron chi connectivity index (χ4n) is 1.71. The fraction of sp³-hybridized carbons (Fsp3) is 0.917. The largest absolute Gasteiger partial charge is 0.444 e. The van der Waals surface area contributed by atoms with Crippen LogP contribution in [-0.2, 0) is 4.74 Å². The minimum atomic E-state index is -0.421. The molecule has 0 unspecified atom stereocenters. The molecule has 2 fully saturated rings. The number of amides is 1. The molecule has 0 aromatic carbocycles. The van der Waals surface area contributed by atoms with Crippen LogP contribution in [0.15, 0.2) is 0 Å². The highest BCUT2D eigenvalue weighted by atomic mass is 16.6. The number of hydrogen-bond acceptors (Lipinski definition) is 3. The average molecular weight is 226 g/mol. The van der Waals surface area contributed by atoms with Gasteiger partial charge < -0.3 is 15.4 Å². The average Bonchev–Trinajstić information content (AvgIpc) is 2.93. The molecular formula is C12H22N2O2.